The second-order valence-corrected chi connectivity index (χ2v) is 6.58. The maximum absolute atomic E-state index is 6.19. The van der Waals surface area contributed by atoms with Crippen molar-refractivity contribution in [2.24, 2.45) is 0 Å². The van der Waals surface area contributed by atoms with E-state index < -0.39 is 0 Å². The molecule has 0 atom stereocenters. The van der Waals surface area contributed by atoms with E-state index in [4.69, 9.17) is 20.2 Å². The van der Waals surface area contributed by atoms with Crippen molar-refractivity contribution in [2.45, 2.75) is 19.9 Å². The van der Waals surface area contributed by atoms with Gasteiger partial charge in [-0.05, 0) is 26.0 Å². The number of methoxy groups -OCH3 is 2. The molecule has 9 heteroatoms. The van der Waals surface area contributed by atoms with Crippen LogP contribution >= 0.6 is 0 Å². The predicted octanol–water partition coefficient (Wildman–Crippen LogP) is 2.84. The Labute approximate surface area is 161 Å². The molecule has 0 spiro atoms. The minimum atomic E-state index is 0.248. The summed E-state index contributed by atoms with van der Waals surface area (Å²) in [6, 6.07) is 3.93. The Morgan fingerprint density at radius 1 is 1.11 bits per heavy atom. The third-order valence-corrected chi connectivity index (χ3v) is 4.46. The number of fused-ring (bicyclic) bond motifs is 1. The van der Waals surface area contributed by atoms with Gasteiger partial charge in [0, 0.05) is 35.8 Å². The molecule has 0 amide bonds. The molecule has 0 aliphatic carbocycles. The highest BCUT2D eigenvalue weighted by Crippen LogP contribution is 2.32. The van der Waals surface area contributed by atoms with Crippen LogP contribution in [0.25, 0.3) is 28.0 Å². The summed E-state index contributed by atoms with van der Waals surface area (Å²) in [7, 11) is 3.12. The standard InChI is InChI=1S/C19H21N7O2/c1-11(2)26-10-13(9-22-26)16-17(20)24-25-6-5-14(23-18(16)25)12-7-15(27-3)19(28-4)21-8-12/h5-11H,1-4H3,(H2,20,24). The van der Waals surface area contributed by atoms with E-state index in [-0.39, 0.29) is 6.04 Å². The molecule has 0 saturated carbocycles. The Balaban J connectivity index is 1.85. The second kappa shape index (κ2) is 6.84. The van der Waals surface area contributed by atoms with Gasteiger partial charge < -0.3 is 15.2 Å². The Morgan fingerprint density at radius 3 is 2.61 bits per heavy atom. The smallest absolute Gasteiger partial charge is 0.256 e. The van der Waals surface area contributed by atoms with E-state index in [1.165, 1.54) is 0 Å². The van der Waals surface area contributed by atoms with Gasteiger partial charge in [-0.25, -0.2) is 14.5 Å². The number of hydrogen-bond acceptors (Lipinski definition) is 7. The van der Waals surface area contributed by atoms with Gasteiger partial charge in [-0.3, -0.25) is 4.68 Å². The molecule has 4 rings (SSSR count). The van der Waals surface area contributed by atoms with Gasteiger partial charge in [0.1, 0.15) is 0 Å². The largest absolute Gasteiger partial charge is 0.491 e. The van der Waals surface area contributed by atoms with Crippen LogP contribution in [0.4, 0.5) is 5.82 Å². The fourth-order valence-corrected chi connectivity index (χ4v) is 3.01. The summed E-state index contributed by atoms with van der Waals surface area (Å²) in [5, 5.41) is 8.77. The van der Waals surface area contributed by atoms with Crippen LogP contribution in [-0.4, -0.2) is 43.6 Å². The lowest BCUT2D eigenvalue weighted by Crippen LogP contribution is -1.99. The first-order valence-electron chi connectivity index (χ1n) is 8.79. The van der Waals surface area contributed by atoms with Crippen LogP contribution in [0.1, 0.15) is 19.9 Å². The lowest BCUT2D eigenvalue weighted by molar-refractivity contribution is 0.343. The summed E-state index contributed by atoms with van der Waals surface area (Å²) >= 11 is 0. The van der Waals surface area contributed by atoms with Crippen LogP contribution < -0.4 is 15.2 Å². The molecule has 2 N–H and O–H groups in total. The molecular weight excluding hydrogens is 358 g/mol. The number of nitrogens with two attached hydrogens (primary N) is 1. The molecule has 4 aromatic rings. The van der Waals surface area contributed by atoms with Gasteiger partial charge in [0.2, 0.25) is 0 Å². The Hall–Kier alpha value is -3.62. The molecule has 0 saturated heterocycles. The summed E-state index contributed by atoms with van der Waals surface area (Å²) in [5.74, 6) is 1.36. The zero-order chi connectivity index (χ0) is 19.8. The van der Waals surface area contributed by atoms with E-state index >= 15 is 0 Å². The molecule has 0 radical (unpaired) electrons. The fourth-order valence-electron chi connectivity index (χ4n) is 3.01. The van der Waals surface area contributed by atoms with Crippen LogP contribution in [0.5, 0.6) is 11.6 Å². The third-order valence-electron chi connectivity index (χ3n) is 4.46. The van der Waals surface area contributed by atoms with E-state index in [1.54, 1.807) is 31.1 Å². The molecule has 144 valence electrons. The Bertz CT molecular complexity index is 1150. The minimum Gasteiger partial charge on any atom is -0.491 e. The zero-order valence-electron chi connectivity index (χ0n) is 16.1. The summed E-state index contributed by atoms with van der Waals surface area (Å²) in [5.41, 5.74) is 9.97. The fraction of sp³-hybridized carbons (Fsp3) is 0.263. The quantitative estimate of drug-likeness (QED) is 0.568. The first-order chi connectivity index (χ1) is 13.5. The van der Waals surface area contributed by atoms with Crippen molar-refractivity contribution in [3.05, 3.63) is 36.9 Å². The molecule has 4 aromatic heterocycles. The van der Waals surface area contributed by atoms with E-state index in [0.717, 1.165) is 22.4 Å². The number of aromatic nitrogens is 6. The number of ether oxygens (including phenoxy) is 2. The van der Waals surface area contributed by atoms with Crippen molar-refractivity contribution in [1.82, 2.24) is 29.4 Å². The van der Waals surface area contributed by atoms with Crippen LogP contribution in [0, 0.1) is 0 Å². The average Bonchev–Trinajstić information content (AvgIpc) is 3.30. The first kappa shape index (κ1) is 17.8. The topological polar surface area (TPSA) is 105 Å². The van der Waals surface area contributed by atoms with Gasteiger partial charge in [-0.15, -0.1) is 5.10 Å². The number of anilines is 1. The number of nitrogens with zero attached hydrogens (tertiary/aromatic N) is 6. The summed E-state index contributed by atoms with van der Waals surface area (Å²) in [4.78, 5) is 9.06. The van der Waals surface area contributed by atoms with Crippen molar-refractivity contribution >= 4 is 11.5 Å². The van der Waals surface area contributed by atoms with E-state index in [2.05, 4.69) is 29.0 Å². The van der Waals surface area contributed by atoms with Gasteiger partial charge in [0.15, 0.2) is 17.2 Å². The molecule has 0 fully saturated rings. The Morgan fingerprint density at radius 2 is 1.93 bits per heavy atom. The summed E-state index contributed by atoms with van der Waals surface area (Å²) in [6.07, 6.45) is 7.24. The molecule has 0 aliphatic heterocycles. The van der Waals surface area contributed by atoms with Crippen LogP contribution in [0.3, 0.4) is 0 Å². The number of hydrogen-bond donors (Lipinski definition) is 1. The molecule has 0 aromatic carbocycles. The van der Waals surface area contributed by atoms with Gasteiger partial charge in [0.05, 0.1) is 31.7 Å². The molecule has 0 aliphatic rings. The van der Waals surface area contributed by atoms with Crippen molar-refractivity contribution in [3.8, 4) is 34.0 Å². The van der Waals surface area contributed by atoms with Crippen molar-refractivity contribution in [2.75, 3.05) is 20.0 Å². The average molecular weight is 379 g/mol. The number of rotatable bonds is 5. The first-order valence-corrected chi connectivity index (χ1v) is 8.79. The predicted molar refractivity (Wildman–Crippen MR) is 105 cm³/mol. The second-order valence-electron chi connectivity index (χ2n) is 6.58. The maximum atomic E-state index is 6.19. The number of pyridine rings is 1. The van der Waals surface area contributed by atoms with E-state index in [1.807, 2.05) is 29.2 Å². The van der Waals surface area contributed by atoms with Crippen LogP contribution in [-0.2, 0) is 0 Å². The van der Waals surface area contributed by atoms with Gasteiger partial charge in [-0.2, -0.15) is 5.10 Å². The molecule has 4 heterocycles. The van der Waals surface area contributed by atoms with Gasteiger partial charge >= 0.3 is 0 Å². The maximum Gasteiger partial charge on any atom is 0.256 e. The highest BCUT2D eigenvalue weighted by molar-refractivity contribution is 5.86. The summed E-state index contributed by atoms with van der Waals surface area (Å²) < 4.78 is 14.1. The SMILES string of the molecule is COc1cc(-c2ccn3nc(N)c(-c4cnn(C(C)C)c4)c3n2)cnc1OC. The zero-order valence-corrected chi connectivity index (χ0v) is 16.1. The lowest BCUT2D eigenvalue weighted by Gasteiger charge is -2.08. The monoisotopic (exact) mass is 379 g/mol. The van der Waals surface area contributed by atoms with Crippen molar-refractivity contribution in [3.63, 3.8) is 0 Å². The van der Waals surface area contributed by atoms with Gasteiger partial charge in [-0.1, -0.05) is 0 Å². The lowest BCUT2D eigenvalue weighted by atomic mass is 10.1. The van der Waals surface area contributed by atoms with E-state index in [9.17, 15) is 0 Å². The minimum absolute atomic E-state index is 0.248. The third kappa shape index (κ3) is 2.90. The molecule has 0 unspecified atom stereocenters. The van der Waals surface area contributed by atoms with E-state index in [0.29, 0.717) is 23.1 Å². The molecular formula is C19H21N7O2. The number of nitrogen functional groups attached to an aromatic ring is 1. The Kier molecular flexibility index (Phi) is 4.34. The molecule has 28 heavy (non-hydrogen) atoms. The summed E-state index contributed by atoms with van der Waals surface area (Å²) in [6.45, 7) is 4.13. The molecule has 9 nitrogen and oxygen atoms in total. The highest BCUT2D eigenvalue weighted by Gasteiger charge is 2.17. The van der Waals surface area contributed by atoms with Gasteiger partial charge in [0.25, 0.3) is 5.88 Å². The van der Waals surface area contributed by atoms with Crippen LogP contribution in [0.15, 0.2) is 36.9 Å². The van der Waals surface area contributed by atoms with Crippen molar-refractivity contribution < 1.29 is 9.47 Å². The van der Waals surface area contributed by atoms with Crippen LogP contribution in [0.2, 0.25) is 0 Å². The van der Waals surface area contributed by atoms with Crippen molar-refractivity contribution in [1.29, 1.82) is 0 Å². The highest BCUT2D eigenvalue weighted by atomic mass is 16.5. The molecule has 0 bridgehead atoms. The normalized spacial score (nSPS) is 11.3.